The highest BCUT2D eigenvalue weighted by Crippen LogP contribution is 2.37. The lowest BCUT2D eigenvalue weighted by molar-refractivity contribution is -0.138. The van der Waals surface area contributed by atoms with Crippen molar-refractivity contribution in [2.24, 2.45) is 5.92 Å². The molecule has 3 nitrogen and oxygen atoms in total. The van der Waals surface area contributed by atoms with Crippen molar-refractivity contribution in [3.05, 3.63) is 0 Å². The zero-order valence-electron chi connectivity index (χ0n) is 12.5. The molecule has 0 radical (unpaired) electrons. The van der Waals surface area contributed by atoms with Crippen LogP contribution in [0.5, 0.6) is 0 Å². The number of alkyl halides is 1. The number of carbonyl (C=O) groups is 1. The van der Waals surface area contributed by atoms with Crippen LogP contribution in [0.15, 0.2) is 0 Å². The smallest absolute Gasteiger partial charge is 0.246 e. The van der Waals surface area contributed by atoms with Gasteiger partial charge in [0.15, 0.2) is 0 Å². The maximum atomic E-state index is 12.6. The summed E-state index contributed by atoms with van der Waals surface area (Å²) in [6.45, 7) is 7.06. The molecule has 0 spiro atoms. The molecule has 1 aliphatic carbocycles. The van der Waals surface area contributed by atoms with Crippen molar-refractivity contribution in [2.45, 2.75) is 70.3 Å². The first kappa shape index (κ1) is 16.8. The first-order chi connectivity index (χ1) is 9.01. The van der Waals surface area contributed by atoms with Crippen LogP contribution in [-0.2, 0) is 4.79 Å². The second-order valence-electron chi connectivity index (χ2n) is 5.54. The predicted octanol–water partition coefficient (Wildman–Crippen LogP) is 3.18. The normalized spacial score (nSPS) is 21.7. The fourth-order valence-electron chi connectivity index (χ4n) is 3.08. The summed E-state index contributed by atoms with van der Waals surface area (Å²) in [7, 11) is 0. The average molecular weight is 290 g/mol. The van der Waals surface area contributed by atoms with Crippen molar-refractivity contribution in [1.82, 2.24) is 4.90 Å². The fourth-order valence-corrected chi connectivity index (χ4v) is 3.38. The van der Waals surface area contributed by atoms with E-state index >= 15 is 0 Å². The van der Waals surface area contributed by atoms with Gasteiger partial charge in [0.2, 0.25) is 5.91 Å². The summed E-state index contributed by atoms with van der Waals surface area (Å²) < 4.78 is 0. The maximum Gasteiger partial charge on any atom is 0.246 e. The van der Waals surface area contributed by atoms with E-state index in [4.69, 9.17) is 11.6 Å². The standard InChI is InChI=1S/C15H28ClNO2/c1-4-15(16,14(19)17(5-2)6-3)13(18)12-10-8-7-9-11-12/h12-13,18H,4-11H2,1-3H3. The molecule has 0 saturated heterocycles. The van der Waals surface area contributed by atoms with Gasteiger partial charge in [0.1, 0.15) is 4.87 Å². The van der Waals surface area contributed by atoms with Gasteiger partial charge in [0.05, 0.1) is 6.10 Å². The molecule has 1 fully saturated rings. The van der Waals surface area contributed by atoms with E-state index in [0.717, 1.165) is 25.7 Å². The van der Waals surface area contributed by atoms with Crippen LogP contribution in [0, 0.1) is 5.92 Å². The van der Waals surface area contributed by atoms with Crippen LogP contribution in [0.4, 0.5) is 0 Å². The van der Waals surface area contributed by atoms with Crippen molar-refractivity contribution < 1.29 is 9.90 Å². The van der Waals surface area contributed by atoms with E-state index in [0.29, 0.717) is 19.5 Å². The second kappa shape index (κ2) is 7.49. The van der Waals surface area contributed by atoms with Crippen LogP contribution in [0.3, 0.4) is 0 Å². The third kappa shape index (κ3) is 3.63. The van der Waals surface area contributed by atoms with E-state index in [-0.39, 0.29) is 11.8 Å². The minimum atomic E-state index is -1.14. The Balaban J connectivity index is 2.84. The number of halogens is 1. The highest BCUT2D eigenvalue weighted by molar-refractivity contribution is 6.35. The fraction of sp³-hybridized carbons (Fsp3) is 0.933. The van der Waals surface area contributed by atoms with Gasteiger partial charge in [-0.1, -0.05) is 26.2 Å². The van der Waals surface area contributed by atoms with Gasteiger partial charge in [-0.15, -0.1) is 11.6 Å². The minimum absolute atomic E-state index is 0.111. The lowest BCUT2D eigenvalue weighted by Crippen LogP contribution is -2.54. The van der Waals surface area contributed by atoms with E-state index in [1.54, 1.807) is 4.90 Å². The van der Waals surface area contributed by atoms with Crippen molar-refractivity contribution in [2.75, 3.05) is 13.1 Å². The molecule has 0 bridgehead atoms. The molecule has 1 saturated carbocycles. The van der Waals surface area contributed by atoms with Gasteiger partial charge >= 0.3 is 0 Å². The molecule has 1 N–H and O–H groups in total. The Bertz CT molecular complexity index is 288. The summed E-state index contributed by atoms with van der Waals surface area (Å²) in [5.74, 6) is 0.0606. The molecule has 0 aromatic rings. The number of nitrogens with zero attached hydrogens (tertiary/aromatic N) is 1. The van der Waals surface area contributed by atoms with Crippen LogP contribution in [0.2, 0.25) is 0 Å². The Kier molecular flexibility index (Phi) is 6.61. The first-order valence-electron chi connectivity index (χ1n) is 7.67. The molecule has 112 valence electrons. The molecule has 2 unspecified atom stereocenters. The summed E-state index contributed by atoms with van der Waals surface area (Å²) in [6, 6.07) is 0. The number of rotatable bonds is 6. The monoisotopic (exact) mass is 289 g/mol. The maximum absolute atomic E-state index is 12.6. The first-order valence-corrected chi connectivity index (χ1v) is 8.05. The summed E-state index contributed by atoms with van der Waals surface area (Å²) in [4.78, 5) is 13.2. The van der Waals surface area contributed by atoms with Gasteiger partial charge in [0.25, 0.3) is 0 Å². The van der Waals surface area contributed by atoms with E-state index < -0.39 is 11.0 Å². The third-order valence-corrected chi connectivity index (χ3v) is 5.14. The zero-order chi connectivity index (χ0) is 14.5. The summed E-state index contributed by atoms with van der Waals surface area (Å²) >= 11 is 6.57. The molecule has 1 rings (SSSR count). The molecular weight excluding hydrogens is 262 g/mol. The number of hydrogen-bond donors (Lipinski definition) is 1. The molecule has 4 heteroatoms. The van der Waals surface area contributed by atoms with Crippen molar-refractivity contribution in [3.8, 4) is 0 Å². The SMILES string of the molecule is CCN(CC)C(=O)C(Cl)(CC)C(O)C1CCCCC1. The van der Waals surface area contributed by atoms with Crippen LogP contribution < -0.4 is 0 Å². The Morgan fingerprint density at radius 3 is 2.21 bits per heavy atom. The van der Waals surface area contributed by atoms with Gasteiger partial charge in [-0.3, -0.25) is 4.79 Å². The average Bonchev–Trinajstić information content (AvgIpc) is 2.47. The molecule has 2 atom stereocenters. The van der Waals surface area contributed by atoms with Crippen molar-refractivity contribution in [1.29, 1.82) is 0 Å². The van der Waals surface area contributed by atoms with E-state index in [9.17, 15) is 9.90 Å². The lowest BCUT2D eigenvalue weighted by Gasteiger charge is -2.39. The van der Waals surface area contributed by atoms with Gasteiger partial charge in [-0.2, -0.15) is 0 Å². The third-order valence-electron chi connectivity index (χ3n) is 4.49. The predicted molar refractivity (Wildman–Crippen MR) is 79.4 cm³/mol. The van der Waals surface area contributed by atoms with E-state index in [1.165, 1.54) is 6.42 Å². The topological polar surface area (TPSA) is 40.5 Å². The molecule has 0 aromatic heterocycles. The van der Waals surface area contributed by atoms with Crippen LogP contribution in [0.1, 0.15) is 59.3 Å². The number of aliphatic hydroxyl groups is 1. The van der Waals surface area contributed by atoms with Crippen molar-refractivity contribution >= 4 is 17.5 Å². The van der Waals surface area contributed by atoms with Crippen molar-refractivity contribution in [3.63, 3.8) is 0 Å². The van der Waals surface area contributed by atoms with E-state index in [2.05, 4.69) is 0 Å². The Labute approximate surface area is 122 Å². The molecular formula is C15H28ClNO2. The molecule has 0 aromatic carbocycles. The highest BCUT2D eigenvalue weighted by atomic mass is 35.5. The van der Waals surface area contributed by atoms with Gasteiger partial charge in [0, 0.05) is 13.1 Å². The molecule has 1 aliphatic rings. The zero-order valence-corrected chi connectivity index (χ0v) is 13.2. The number of carbonyl (C=O) groups excluding carboxylic acids is 1. The Hall–Kier alpha value is -0.280. The number of aliphatic hydroxyl groups excluding tert-OH is 1. The van der Waals surface area contributed by atoms with Crippen LogP contribution in [-0.4, -0.2) is 40.0 Å². The van der Waals surface area contributed by atoms with Crippen LogP contribution in [0.25, 0.3) is 0 Å². The largest absolute Gasteiger partial charge is 0.390 e. The molecule has 0 heterocycles. The summed E-state index contributed by atoms with van der Waals surface area (Å²) in [5.41, 5.74) is 0. The Morgan fingerprint density at radius 1 is 1.26 bits per heavy atom. The second-order valence-corrected chi connectivity index (χ2v) is 6.21. The highest BCUT2D eigenvalue weighted by Gasteiger charge is 2.46. The van der Waals surface area contributed by atoms with Crippen LogP contribution >= 0.6 is 11.6 Å². The van der Waals surface area contributed by atoms with Gasteiger partial charge < -0.3 is 10.0 Å². The number of amides is 1. The van der Waals surface area contributed by atoms with Gasteiger partial charge in [-0.05, 0) is 39.0 Å². The summed E-state index contributed by atoms with van der Waals surface area (Å²) in [6.07, 6.45) is 5.22. The van der Waals surface area contributed by atoms with Gasteiger partial charge in [-0.25, -0.2) is 0 Å². The quantitative estimate of drug-likeness (QED) is 0.763. The lowest BCUT2D eigenvalue weighted by atomic mass is 9.78. The Morgan fingerprint density at radius 2 is 1.79 bits per heavy atom. The molecule has 0 aliphatic heterocycles. The minimum Gasteiger partial charge on any atom is -0.390 e. The summed E-state index contributed by atoms with van der Waals surface area (Å²) in [5, 5.41) is 10.6. The van der Waals surface area contributed by atoms with E-state index in [1.807, 2.05) is 20.8 Å². The molecule has 19 heavy (non-hydrogen) atoms. The molecule has 1 amide bonds. The number of hydrogen-bond acceptors (Lipinski definition) is 2.